The Morgan fingerprint density at radius 3 is 2.41 bits per heavy atom. The van der Waals surface area contributed by atoms with Gasteiger partial charge < -0.3 is 10.6 Å². The second-order valence-electron chi connectivity index (χ2n) is 5.46. The van der Waals surface area contributed by atoms with Gasteiger partial charge in [-0.1, -0.05) is 0 Å². The molecule has 1 aliphatic carbocycles. The highest BCUT2D eigenvalue weighted by atomic mass is 32.2. The Morgan fingerprint density at radius 1 is 1.23 bits per heavy atom. The maximum absolute atomic E-state index is 12.2. The topological polar surface area (TPSA) is 84.0 Å². The molecule has 1 saturated carbocycles. The Bertz CT molecular complexity index is 513. The van der Waals surface area contributed by atoms with Gasteiger partial charge in [0.1, 0.15) is 5.82 Å². The van der Waals surface area contributed by atoms with Crippen molar-refractivity contribution in [2.45, 2.75) is 37.5 Å². The number of rotatable bonds is 5. The summed E-state index contributed by atoms with van der Waals surface area (Å²) in [4.78, 5) is 32.1. The molecule has 6 nitrogen and oxygen atoms in total. The van der Waals surface area contributed by atoms with Crippen LogP contribution in [0.5, 0.6) is 0 Å². The third-order valence-corrected chi connectivity index (χ3v) is 4.47. The molecule has 2 amide bonds. The van der Waals surface area contributed by atoms with Crippen LogP contribution in [-0.4, -0.2) is 41.1 Å². The number of thioether (sulfide) groups is 1. The number of amides is 2. The number of carbonyl (C=O) groups is 2. The lowest BCUT2D eigenvalue weighted by molar-refractivity contribution is -0.125. The van der Waals surface area contributed by atoms with Crippen molar-refractivity contribution in [1.82, 2.24) is 20.6 Å². The van der Waals surface area contributed by atoms with Crippen LogP contribution >= 0.6 is 11.8 Å². The second-order valence-corrected chi connectivity index (χ2v) is 6.32. The molecular formula is C15H22N4O2S. The Kier molecular flexibility index (Phi) is 6.18. The molecule has 0 unspecified atom stereocenters. The van der Waals surface area contributed by atoms with Crippen LogP contribution in [0.4, 0.5) is 0 Å². The zero-order chi connectivity index (χ0) is 15.9. The summed E-state index contributed by atoms with van der Waals surface area (Å²) >= 11 is 1.64. The molecule has 22 heavy (non-hydrogen) atoms. The van der Waals surface area contributed by atoms with E-state index in [-0.39, 0.29) is 23.8 Å². The molecular weight excluding hydrogens is 300 g/mol. The number of aromatic nitrogens is 2. The van der Waals surface area contributed by atoms with E-state index in [0.717, 1.165) is 37.3 Å². The minimum Gasteiger partial charge on any atom is -0.359 e. The van der Waals surface area contributed by atoms with Crippen molar-refractivity contribution >= 4 is 23.6 Å². The standard InChI is InChI=1S/C15H22N4O2S/c1-16-14(20)10-3-5-12(6-4-10)19-15(21)11-7-17-13(9-22-2)18-8-11/h7-8,10,12H,3-6,9H2,1-2H3,(H,16,20)(H,19,21). The minimum absolute atomic E-state index is 0.0762. The molecule has 0 saturated heterocycles. The fraction of sp³-hybridized carbons (Fsp3) is 0.600. The van der Waals surface area contributed by atoms with Crippen LogP contribution in [0.1, 0.15) is 41.9 Å². The van der Waals surface area contributed by atoms with E-state index in [2.05, 4.69) is 20.6 Å². The van der Waals surface area contributed by atoms with Gasteiger partial charge in [-0.05, 0) is 31.9 Å². The molecule has 1 aliphatic rings. The van der Waals surface area contributed by atoms with E-state index in [4.69, 9.17) is 0 Å². The average Bonchev–Trinajstić information content (AvgIpc) is 2.55. The van der Waals surface area contributed by atoms with Crippen molar-refractivity contribution in [2.75, 3.05) is 13.3 Å². The summed E-state index contributed by atoms with van der Waals surface area (Å²) in [5.41, 5.74) is 0.485. The van der Waals surface area contributed by atoms with Gasteiger partial charge in [0, 0.05) is 31.4 Å². The van der Waals surface area contributed by atoms with Crippen LogP contribution in [0.15, 0.2) is 12.4 Å². The van der Waals surface area contributed by atoms with Crippen molar-refractivity contribution in [2.24, 2.45) is 5.92 Å². The summed E-state index contributed by atoms with van der Waals surface area (Å²) in [6.07, 6.45) is 8.42. The smallest absolute Gasteiger partial charge is 0.254 e. The van der Waals surface area contributed by atoms with Crippen molar-refractivity contribution < 1.29 is 9.59 Å². The molecule has 2 rings (SSSR count). The SMILES string of the molecule is CNC(=O)C1CCC(NC(=O)c2cnc(CSC)nc2)CC1. The first kappa shape index (κ1) is 16.7. The lowest BCUT2D eigenvalue weighted by Crippen LogP contribution is -2.40. The first-order chi connectivity index (χ1) is 10.6. The Morgan fingerprint density at radius 2 is 1.86 bits per heavy atom. The molecule has 0 atom stereocenters. The summed E-state index contributed by atoms with van der Waals surface area (Å²) in [5, 5.41) is 5.70. The van der Waals surface area contributed by atoms with Crippen LogP contribution in [0.2, 0.25) is 0 Å². The van der Waals surface area contributed by atoms with Gasteiger partial charge in [0.15, 0.2) is 0 Å². The average molecular weight is 322 g/mol. The van der Waals surface area contributed by atoms with E-state index < -0.39 is 0 Å². The summed E-state index contributed by atoms with van der Waals surface area (Å²) in [6.45, 7) is 0. The van der Waals surface area contributed by atoms with Gasteiger partial charge in [0.25, 0.3) is 5.91 Å². The Labute approximate surface area is 134 Å². The minimum atomic E-state index is -0.140. The van der Waals surface area contributed by atoms with E-state index in [1.165, 1.54) is 0 Å². The van der Waals surface area contributed by atoms with Gasteiger partial charge in [-0.3, -0.25) is 9.59 Å². The molecule has 0 aliphatic heterocycles. The van der Waals surface area contributed by atoms with Crippen LogP contribution in [0, 0.1) is 5.92 Å². The molecule has 1 fully saturated rings. The quantitative estimate of drug-likeness (QED) is 0.855. The number of carbonyl (C=O) groups excluding carboxylic acids is 2. The predicted molar refractivity (Wildman–Crippen MR) is 86.5 cm³/mol. The van der Waals surface area contributed by atoms with E-state index in [0.29, 0.717) is 5.56 Å². The van der Waals surface area contributed by atoms with Gasteiger partial charge in [0.05, 0.1) is 11.3 Å². The Hall–Kier alpha value is -1.63. The molecule has 120 valence electrons. The van der Waals surface area contributed by atoms with Crippen LogP contribution in [0.25, 0.3) is 0 Å². The van der Waals surface area contributed by atoms with Gasteiger partial charge in [-0.15, -0.1) is 0 Å². The molecule has 7 heteroatoms. The molecule has 1 aromatic rings. The Balaban J connectivity index is 1.84. The van der Waals surface area contributed by atoms with Crippen LogP contribution in [0.3, 0.4) is 0 Å². The van der Waals surface area contributed by atoms with Crippen LogP contribution in [-0.2, 0) is 10.5 Å². The fourth-order valence-corrected chi connectivity index (χ4v) is 3.06. The fourth-order valence-electron chi connectivity index (χ4n) is 2.65. The summed E-state index contributed by atoms with van der Waals surface area (Å²) in [5.74, 6) is 1.51. The zero-order valence-corrected chi connectivity index (χ0v) is 13.8. The monoisotopic (exact) mass is 322 g/mol. The van der Waals surface area contributed by atoms with E-state index in [9.17, 15) is 9.59 Å². The third kappa shape index (κ3) is 4.43. The highest BCUT2D eigenvalue weighted by molar-refractivity contribution is 7.97. The molecule has 0 aromatic carbocycles. The molecule has 2 N–H and O–H groups in total. The summed E-state index contributed by atoms with van der Waals surface area (Å²) < 4.78 is 0. The number of nitrogens with one attached hydrogen (secondary N) is 2. The van der Waals surface area contributed by atoms with Gasteiger partial charge in [0.2, 0.25) is 5.91 Å². The van der Waals surface area contributed by atoms with Crippen molar-refractivity contribution in [1.29, 1.82) is 0 Å². The van der Waals surface area contributed by atoms with Gasteiger partial charge >= 0.3 is 0 Å². The van der Waals surface area contributed by atoms with E-state index in [1.54, 1.807) is 31.2 Å². The summed E-state index contributed by atoms with van der Waals surface area (Å²) in [7, 11) is 1.66. The first-order valence-electron chi connectivity index (χ1n) is 7.46. The third-order valence-electron chi connectivity index (χ3n) is 3.92. The highest BCUT2D eigenvalue weighted by Crippen LogP contribution is 2.24. The predicted octanol–water partition coefficient (Wildman–Crippen LogP) is 1.37. The maximum atomic E-state index is 12.2. The second kappa shape index (κ2) is 8.12. The van der Waals surface area contributed by atoms with Crippen molar-refractivity contribution in [3.05, 3.63) is 23.8 Å². The maximum Gasteiger partial charge on any atom is 0.254 e. The molecule has 0 bridgehead atoms. The summed E-state index contributed by atoms with van der Waals surface area (Å²) in [6, 6.07) is 0.124. The molecule has 0 spiro atoms. The highest BCUT2D eigenvalue weighted by Gasteiger charge is 2.26. The van der Waals surface area contributed by atoms with Crippen molar-refractivity contribution in [3.63, 3.8) is 0 Å². The van der Waals surface area contributed by atoms with Gasteiger partial charge in [-0.2, -0.15) is 11.8 Å². The molecule has 0 radical (unpaired) electrons. The largest absolute Gasteiger partial charge is 0.359 e. The number of hydrogen-bond acceptors (Lipinski definition) is 5. The normalized spacial score (nSPS) is 21.2. The van der Waals surface area contributed by atoms with E-state index >= 15 is 0 Å². The number of nitrogens with zero attached hydrogens (tertiary/aromatic N) is 2. The van der Waals surface area contributed by atoms with Crippen LogP contribution < -0.4 is 10.6 Å². The van der Waals surface area contributed by atoms with Crippen molar-refractivity contribution in [3.8, 4) is 0 Å². The molecule has 1 aromatic heterocycles. The van der Waals surface area contributed by atoms with Gasteiger partial charge in [-0.25, -0.2) is 9.97 Å². The zero-order valence-electron chi connectivity index (χ0n) is 13.0. The first-order valence-corrected chi connectivity index (χ1v) is 8.85. The van der Waals surface area contributed by atoms with E-state index in [1.807, 2.05) is 6.26 Å². The lowest BCUT2D eigenvalue weighted by Gasteiger charge is -2.28. The number of hydrogen-bond donors (Lipinski definition) is 2. The lowest BCUT2D eigenvalue weighted by atomic mass is 9.85. The molecule has 1 heterocycles.